The summed E-state index contributed by atoms with van der Waals surface area (Å²) in [5.74, 6) is -0.375. The van der Waals surface area contributed by atoms with Crippen molar-refractivity contribution in [3.8, 4) is 28.3 Å². The Balaban J connectivity index is 1.22. The highest BCUT2D eigenvalue weighted by Gasteiger charge is 2.35. The van der Waals surface area contributed by atoms with Gasteiger partial charge in [0, 0.05) is 54.5 Å². The zero-order valence-corrected chi connectivity index (χ0v) is 30.2. The molecular formula is C43H51N3O5. The van der Waals surface area contributed by atoms with Gasteiger partial charge in [-0.2, -0.15) is 0 Å². The first-order valence-electron chi connectivity index (χ1n) is 18.5. The molecule has 5 rings (SSSR count). The molecule has 51 heavy (non-hydrogen) atoms. The average Bonchev–Trinajstić information content (AvgIpc) is 3.64. The molecule has 2 heterocycles. The quantitative estimate of drug-likeness (QED) is 0.0822. The molecule has 0 radical (unpaired) electrons. The third-order valence-corrected chi connectivity index (χ3v) is 9.60. The Morgan fingerprint density at radius 3 is 2.06 bits per heavy atom. The Morgan fingerprint density at radius 1 is 0.804 bits per heavy atom. The number of Topliss-reactive ketones (excluding diaryl/α,β-unsaturated/α-hetero) is 1. The molecule has 1 saturated heterocycles. The molecule has 1 aliphatic rings. The van der Waals surface area contributed by atoms with E-state index in [2.05, 4.69) is 30.7 Å². The summed E-state index contributed by atoms with van der Waals surface area (Å²) in [6, 6.07) is 23.4. The molecule has 0 unspecified atom stereocenters. The van der Waals surface area contributed by atoms with Gasteiger partial charge in [-0.25, -0.2) is 9.97 Å². The van der Waals surface area contributed by atoms with Gasteiger partial charge in [-0.1, -0.05) is 107 Å². The molecule has 1 aromatic heterocycles. The summed E-state index contributed by atoms with van der Waals surface area (Å²) >= 11 is 0. The fourth-order valence-corrected chi connectivity index (χ4v) is 6.65. The normalized spacial score (nSPS) is 14.8. The molecule has 2 atom stereocenters. The van der Waals surface area contributed by atoms with Gasteiger partial charge in [-0.05, 0) is 60.4 Å². The summed E-state index contributed by atoms with van der Waals surface area (Å²) in [6.45, 7) is 7.82. The minimum atomic E-state index is -0.892. The van der Waals surface area contributed by atoms with E-state index >= 15 is 0 Å². The van der Waals surface area contributed by atoms with Crippen LogP contribution in [0, 0.1) is 17.8 Å². The number of aromatic nitrogens is 2. The molecular weight excluding hydrogens is 638 g/mol. The van der Waals surface area contributed by atoms with E-state index in [0.717, 1.165) is 47.5 Å². The van der Waals surface area contributed by atoms with Gasteiger partial charge in [-0.15, -0.1) is 0 Å². The van der Waals surface area contributed by atoms with Crippen LogP contribution in [-0.2, 0) is 22.4 Å². The second-order valence-corrected chi connectivity index (χ2v) is 14.2. The van der Waals surface area contributed by atoms with E-state index in [1.807, 2.05) is 85.2 Å². The molecule has 1 aliphatic heterocycles. The fourth-order valence-electron chi connectivity index (χ4n) is 6.65. The first kappa shape index (κ1) is 37.4. The summed E-state index contributed by atoms with van der Waals surface area (Å²) < 4.78 is 5.90. The fraction of sp³-hybridized carbons (Fsp3) is 0.419. The molecule has 1 fully saturated rings. The number of carboxylic acid groups (broad SMARTS) is 1. The minimum Gasteiger partial charge on any atom is -0.494 e. The number of carboxylic acids is 1. The van der Waals surface area contributed by atoms with E-state index in [1.54, 1.807) is 4.90 Å². The van der Waals surface area contributed by atoms with E-state index in [-0.39, 0.29) is 24.7 Å². The van der Waals surface area contributed by atoms with E-state index in [0.29, 0.717) is 36.7 Å². The molecule has 4 aromatic rings. The number of ketones is 1. The van der Waals surface area contributed by atoms with Crippen LogP contribution >= 0.6 is 0 Å². The van der Waals surface area contributed by atoms with Crippen molar-refractivity contribution in [1.29, 1.82) is 0 Å². The summed E-state index contributed by atoms with van der Waals surface area (Å²) in [7, 11) is 0. The topological polar surface area (TPSA) is 110 Å². The van der Waals surface area contributed by atoms with E-state index < -0.39 is 17.8 Å². The van der Waals surface area contributed by atoms with Crippen LogP contribution in [0.4, 0.5) is 0 Å². The average molecular weight is 690 g/mol. The number of ether oxygens (including phenoxy) is 1. The largest absolute Gasteiger partial charge is 0.494 e. The van der Waals surface area contributed by atoms with Crippen molar-refractivity contribution in [2.24, 2.45) is 17.8 Å². The maximum Gasteiger partial charge on any atom is 0.308 e. The third kappa shape index (κ3) is 10.8. The SMILES string of the molecule is CCCCCCCOc1ccc(-c2cnc(-c3ccc(C[C@H](CC(=O)c4ccc(CC(C)C)cc4)C(=O)N4CC[C@H](C(=O)O)C4)cc3)nc2)cc1. The van der Waals surface area contributed by atoms with Crippen molar-refractivity contribution in [3.05, 3.63) is 102 Å². The third-order valence-electron chi connectivity index (χ3n) is 9.60. The zero-order chi connectivity index (χ0) is 36.2. The Hall–Kier alpha value is -4.85. The number of rotatable bonds is 18. The van der Waals surface area contributed by atoms with Gasteiger partial charge >= 0.3 is 5.97 Å². The zero-order valence-electron chi connectivity index (χ0n) is 30.2. The molecule has 3 aromatic carbocycles. The van der Waals surface area contributed by atoms with Crippen LogP contribution in [0.15, 0.2) is 85.2 Å². The number of carbonyl (C=O) groups excluding carboxylic acids is 2. The lowest BCUT2D eigenvalue weighted by molar-refractivity contribution is -0.141. The second kappa shape index (κ2) is 18.4. The summed E-state index contributed by atoms with van der Waals surface area (Å²) in [5.41, 5.74) is 5.43. The van der Waals surface area contributed by atoms with Crippen LogP contribution < -0.4 is 4.74 Å². The van der Waals surface area contributed by atoms with Crippen LogP contribution in [0.1, 0.15) is 87.2 Å². The van der Waals surface area contributed by atoms with Crippen LogP contribution in [0.25, 0.3) is 22.5 Å². The van der Waals surface area contributed by atoms with Gasteiger partial charge in [0.05, 0.1) is 12.5 Å². The standard InChI is InChI=1S/C43H51N3O5/c1-4-5-6-7-8-23-51-39-19-17-33(18-20-39)38-27-44-41(45-28-38)35-15-11-32(12-16-35)25-37(42(48)46-22-21-36(29-46)43(49)50)26-40(47)34-13-9-31(10-14-34)24-30(2)3/h9-20,27-28,30,36-37H,4-8,21-26,29H2,1-3H3,(H,49,50)/t36-,37+/m0/s1. The van der Waals surface area contributed by atoms with Crippen molar-refractivity contribution in [2.75, 3.05) is 19.7 Å². The van der Waals surface area contributed by atoms with Gasteiger partial charge in [0.2, 0.25) is 5.91 Å². The number of hydrogen-bond acceptors (Lipinski definition) is 6. The molecule has 1 amide bonds. The predicted molar refractivity (Wildman–Crippen MR) is 201 cm³/mol. The number of nitrogens with zero attached hydrogens (tertiary/aromatic N) is 3. The number of benzene rings is 3. The van der Waals surface area contributed by atoms with Crippen molar-refractivity contribution in [2.45, 2.75) is 78.6 Å². The number of likely N-dealkylation sites (tertiary alicyclic amines) is 1. The number of amides is 1. The Morgan fingerprint density at radius 2 is 1.43 bits per heavy atom. The monoisotopic (exact) mass is 689 g/mol. The van der Waals surface area contributed by atoms with Gasteiger partial charge in [0.25, 0.3) is 0 Å². The van der Waals surface area contributed by atoms with Crippen LogP contribution in [-0.4, -0.2) is 57.3 Å². The summed E-state index contributed by atoms with van der Waals surface area (Å²) in [5, 5.41) is 9.51. The number of aliphatic carboxylic acids is 1. The number of unbranched alkanes of at least 4 members (excludes halogenated alkanes) is 4. The van der Waals surface area contributed by atoms with Crippen molar-refractivity contribution in [3.63, 3.8) is 0 Å². The first-order chi connectivity index (χ1) is 24.7. The smallest absolute Gasteiger partial charge is 0.308 e. The highest BCUT2D eigenvalue weighted by molar-refractivity contribution is 5.98. The lowest BCUT2D eigenvalue weighted by atomic mass is 9.90. The summed E-state index contributed by atoms with van der Waals surface area (Å²) in [4.78, 5) is 49.7. The molecule has 8 nitrogen and oxygen atoms in total. The minimum absolute atomic E-state index is 0.0507. The van der Waals surface area contributed by atoms with Gasteiger partial charge in [-0.3, -0.25) is 14.4 Å². The van der Waals surface area contributed by atoms with Gasteiger partial charge < -0.3 is 14.7 Å². The van der Waals surface area contributed by atoms with Gasteiger partial charge in [0.1, 0.15) is 5.75 Å². The molecule has 268 valence electrons. The van der Waals surface area contributed by atoms with Crippen LogP contribution in [0.5, 0.6) is 5.75 Å². The van der Waals surface area contributed by atoms with Crippen LogP contribution in [0.2, 0.25) is 0 Å². The number of hydrogen-bond donors (Lipinski definition) is 1. The number of carbonyl (C=O) groups is 3. The van der Waals surface area contributed by atoms with Crippen LogP contribution in [0.3, 0.4) is 0 Å². The second-order valence-electron chi connectivity index (χ2n) is 14.2. The first-order valence-corrected chi connectivity index (χ1v) is 18.5. The predicted octanol–water partition coefficient (Wildman–Crippen LogP) is 8.72. The Bertz CT molecular complexity index is 1720. The van der Waals surface area contributed by atoms with E-state index in [9.17, 15) is 19.5 Å². The maximum atomic E-state index is 13.8. The highest BCUT2D eigenvalue weighted by atomic mass is 16.5. The maximum absolute atomic E-state index is 13.8. The Labute approximate surface area is 302 Å². The van der Waals surface area contributed by atoms with E-state index in [1.165, 1.54) is 31.2 Å². The molecule has 8 heteroatoms. The molecule has 1 N–H and O–H groups in total. The van der Waals surface area contributed by atoms with E-state index in [4.69, 9.17) is 4.74 Å². The summed E-state index contributed by atoms with van der Waals surface area (Å²) in [6.07, 6.45) is 11.4. The molecule has 0 spiro atoms. The lowest BCUT2D eigenvalue weighted by Gasteiger charge is -2.23. The van der Waals surface area contributed by atoms with Gasteiger partial charge in [0.15, 0.2) is 11.6 Å². The van der Waals surface area contributed by atoms with Crippen molar-refractivity contribution >= 4 is 17.7 Å². The van der Waals surface area contributed by atoms with Crippen molar-refractivity contribution < 1.29 is 24.2 Å². The Kier molecular flexibility index (Phi) is 13.5. The molecule has 0 saturated carbocycles. The lowest BCUT2D eigenvalue weighted by Crippen LogP contribution is -2.37. The van der Waals surface area contributed by atoms with Crippen molar-refractivity contribution in [1.82, 2.24) is 14.9 Å². The molecule has 0 aliphatic carbocycles. The molecule has 0 bridgehead atoms. The highest BCUT2D eigenvalue weighted by Crippen LogP contribution is 2.27.